The Morgan fingerprint density at radius 3 is 2.28 bits per heavy atom. The number of halogens is 4. The van der Waals surface area contributed by atoms with Crippen LogP contribution < -0.4 is 10.6 Å². The van der Waals surface area contributed by atoms with Crippen LogP contribution in [0.3, 0.4) is 0 Å². The fraction of sp³-hybridized carbons (Fsp3) is 0.235. The quantitative estimate of drug-likeness (QED) is 0.593. The van der Waals surface area contributed by atoms with Crippen molar-refractivity contribution >= 4 is 29.0 Å². The molecule has 2 aromatic carbocycles. The van der Waals surface area contributed by atoms with E-state index in [4.69, 9.17) is 11.6 Å². The predicted molar refractivity (Wildman–Crippen MR) is 91.3 cm³/mol. The molecule has 4 nitrogen and oxygen atoms in total. The van der Waals surface area contributed by atoms with Crippen LogP contribution in [0.2, 0.25) is 5.02 Å². The van der Waals surface area contributed by atoms with Gasteiger partial charge in [0.15, 0.2) is 0 Å². The molecule has 0 saturated heterocycles. The van der Waals surface area contributed by atoms with Gasteiger partial charge in [0.25, 0.3) is 0 Å². The van der Waals surface area contributed by atoms with E-state index in [-0.39, 0.29) is 28.1 Å². The van der Waals surface area contributed by atoms with Crippen LogP contribution >= 0.6 is 11.6 Å². The summed E-state index contributed by atoms with van der Waals surface area (Å²) in [6.07, 6.45) is -4.55. The molecule has 2 aromatic rings. The highest BCUT2D eigenvalue weighted by atomic mass is 35.5. The van der Waals surface area contributed by atoms with Crippen LogP contribution in [0.25, 0.3) is 0 Å². The molecule has 0 radical (unpaired) electrons. The molecule has 0 aliphatic rings. The van der Waals surface area contributed by atoms with Crippen LogP contribution in [-0.4, -0.2) is 11.1 Å². The third kappa shape index (κ3) is 4.79. The van der Waals surface area contributed by atoms with Crippen molar-refractivity contribution in [3.8, 4) is 5.75 Å². The van der Waals surface area contributed by atoms with E-state index in [9.17, 15) is 23.1 Å². The van der Waals surface area contributed by atoms with Crippen molar-refractivity contribution in [1.29, 1.82) is 0 Å². The lowest BCUT2D eigenvalue weighted by atomic mass is 10.0. The zero-order valence-electron chi connectivity index (χ0n) is 13.4. The number of hydrogen-bond acceptors (Lipinski definition) is 2. The van der Waals surface area contributed by atoms with Gasteiger partial charge in [0.1, 0.15) is 5.75 Å². The van der Waals surface area contributed by atoms with Gasteiger partial charge in [-0.25, -0.2) is 4.79 Å². The molecule has 0 unspecified atom stereocenters. The number of carbonyl (C=O) groups is 1. The van der Waals surface area contributed by atoms with Crippen molar-refractivity contribution in [2.75, 3.05) is 10.6 Å². The minimum absolute atomic E-state index is 0.0393. The fourth-order valence-corrected chi connectivity index (χ4v) is 2.25. The largest absolute Gasteiger partial charge is 0.506 e. The van der Waals surface area contributed by atoms with Gasteiger partial charge in [-0.2, -0.15) is 13.2 Å². The summed E-state index contributed by atoms with van der Waals surface area (Å²) in [7, 11) is 0. The van der Waals surface area contributed by atoms with Gasteiger partial charge < -0.3 is 15.7 Å². The van der Waals surface area contributed by atoms with Crippen LogP contribution in [0.4, 0.5) is 29.3 Å². The summed E-state index contributed by atoms with van der Waals surface area (Å²) >= 11 is 5.82. The lowest BCUT2D eigenvalue weighted by molar-refractivity contribution is -0.137. The number of phenols is 1. The fourth-order valence-electron chi connectivity index (χ4n) is 2.09. The van der Waals surface area contributed by atoms with E-state index in [0.717, 1.165) is 23.8 Å². The third-order valence-corrected chi connectivity index (χ3v) is 3.81. The first kappa shape index (κ1) is 18.9. The molecule has 2 rings (SSSR count). The number of phenolic OH excluding ortho intramolecular Hbond substituents is 1. The first-order valence-electron chi connectivity index (χ1n) is 7.35. The number of aromatic hydroxyl groups is 1. The van der Waals surface area contributed by atoms with Crippen LogP contribution in [0.15, 0.2) is 36.4 Å². The van der Waals surface area contributed by atoms with E-state index >= 15 is 0 Å². The summed E-state index contributed by atoms with van der Waals surface area (Å²) in [6, 6.07) is 6.54. The van der Waals surface area contributed by atoms with Gasteiger partial charge in [0.2, 0.25) is 0 Å². The lowest BCUT2D eigenvalue weighted by Crippen LogP contribution is -2.20. The maximum absolute atomic E-state index is 12.7. The molecule has 0 bridgehead atoms. The van der Waals surface area contributed by atoms with Crippen LogP contribution in [0, 0.1) is 0 Å². The Morgan fingerprint density at radius 1 is 1.08 bits per heavy atom. The minimum Gasteiger partial charge on any atom is -0.506 e. The molecule has 0 saturated carbocycles. The molecule has 2 amide bonds. The summed E-state index contributed by atoms with van der Waals surface area (Å²) in [6.45, 7) is 3.90. The van der Waals surface area contributed by atoms with E-state index in [0.29, 0.717) is 0 Å². The number of amides is 2. The van der Waals surface area contributed by atoms with Gasteiger partial charge >= 0.3 is 12.2 Å². The molecule has 25 heavy (non-hydrogen) atoms. The zero-order valence-corrected chi connectivity index (χ0v) is 14.2. The van der Waals surface area contributed by atoms with Crippen LogP contribution in [-0.2, 0) is 6.18 Å². The Morgan fingerprint density at radius 2 is 1.72 bits per heavy atom. The van der Waals surface area contributed by atoms with E-state index < -0.39 is 17.8 Å². The molecule has 0 atom stereocenters. The Hall–Kier alpha value is -2.41. The van der Waals surface area contributed by atoms with Gasteiger partial charge in [-0.05, 0) is 41.8 Å². The maximum Gasteiger partial charge on any atom is 0.416 e. The van der Waals surface area contributed by atoms with Crippen molar-refractivity contribution < 1.29 is 23.1 Å². The SMILES string of the molecule is CC(C)c1ccc(NC(=O)Nc2cc(C(F)(F)F)ccc2Cl)c(O)c1. The number of urea groups is 1. The molecule has 0 aliphatic carbocycles. The molecule has 0 fully saturated rings. The maximum atomic E-state index is 12.7. The Kier molecular flexibility index (Phi) is 5.47. The lowest BCUT2D eigenvalue weighted by Gasteiger charge is -2.14. The standard InChI is InChI=1S/C17H16ClF3N2O2/c1-9(2)10-3-6-13(15(24)7-10)22-16(25)23-14-8-11(17(19,20)21)4-5-12(14)18/h3-9,24H,1-2H3,(H2,22,23,25). The minimum atomic E-state index is -4.55. The van der Waals surface area contributed by atoms with Gasteiger partial charge in [0.05, 0.1) is 22.0 Å². The van der Waals surface area contributed by atoms with Gasteiger partial charge in [-0.15, -0.1) is 0 Å². The van der Waals surface area contributed by atoms with Crippen molar-refractivity contribution in [3.63, 3.8) is 0 Å². The molecular formula is C17H16ClF3N2O2. The average molecular weight is 373 g/mol. The first-order valence-corrected chi connectivity index (χ1v) is 7.73. The molecule has 0 aliphatic heterocycles. The first-order chi connectivity index (χ1) is 11.6. The number of rotatable bonds is 3. The van der Waals surface area contributed by atoms with Gasteiger partial charge in [-0.1, -0.05) is 31.5 Å². The van der Waals surface area contributed by atoms with Gasteiger partial charge in [-0.3, -0.25) is 0 Å². The molecule has 0 heterocycles. The number of hydrogen-bond donors (Lipinski definition) is 3. The van der Waals surface area contributed by atoms with Gasteiger partial charge in [0, 0.05) is 0 Å². The molecule has 3 N–H and O–H groups in total. The Bertz CT molecular complexity index is 792. The molecule has 0 aromatic heterocycles. The van der Waals surface area contributed by atoms with E-state index in [1.54, 1.807) is 6.07 Å². The van der Waals surface area contributed by atoms with Crippen molar-refractivity contribution in [2.45, 2.75) is 25.9 Å². The normalized spacial score (nSPS) is 11.5. The Balaban J connectivity index is 2.16. The van der Waals surface area contributed by atoms with Crippen LogP contribution in [0.1, 0.15) is 30.9 Å². The second kappa shape index (κ2) is 7.23. The molecule has 0 spiro atoms. The number of benzene rings is 2. The highest BCUT2D eigenvalue weighted by Gasteiger charge is 2.31. The highest BCUT2D eigenvalue weighted by Crippen LogP contribution is 2.34. The number of nitrogens with one attached hydrogen (secondary N) is 2. The number of alkyl halides is 3. The Labute approximate surface area is 147 Å². The van der Waals surface area contributed by atoms with Crippen molar-refractivity contribution in [2.24, 2.45) is 0 Å². The summed E-state index contributed by atoms with van der Waals surface area (Å²) in [5, 5.41) is 14.5. The molecule has 8 heteroatoms. The predicted octanol–water partition coefficient (Wildman–Crippen LogP) is 5.83. The highest BCUT2D eigenvalue weighted by molar-refractivity contribution is 6.33. The van der Waals surface area contributed by atoms with Crippen molar-refractivity contribution in [3.05, 3.63) is 52.5 Å². The topological polar surface area (TPSA) is 61.4 Å². The summed E-state index contributed by atoms with van der Waals surface area (Å²) in [5.41, 5.74) is -0.113. The summed E-state index contributed by atoms with van der Waals surface area (Å²) in [5.74, 6) is 0.0502. The number of carbonyl (C=O) groups excluding carboxylic acids is 1. The third-order valence-electron chi connectivity index (χ3n) is 3.48. The molecular weight excluding hydrogens is 357 g/mol. The van der Waals surface area contributed by atoms with E-state index in [2.05, 4.69) is 10.6 Å². The second-order valence-electron chi connectivity index (χ2n) is 5.70. The van der Waals surface area contributed by atoms with E-state index in [1.807, 2.05) is 13.8 Å². The second-order valence-corrected chi connectivity index (χ2v) is 6.11. The van der Waals surface area contributed by atoms with Crippen LogP contribution in [0.5, 0.6) is 5.75 Å². The summed E-state index contributed by atoms with van der Waals surface area (Å²) < 4.78 is 38.2. The zero-order chi connectivity index (χ0) is 18.8. The van der Waals surface area contributed by atoms with E-state index in [1.165, 1.54) is 12.1 Å². The summed E-state index contributed by atoms with van der Waals surface area (Å²) in [4.78, 5) is 12.0. The molecule has 134 valence electrons. The van der Waals surface area contributed by atoms with Crippen molar-refractivity contribution in [1.82, 2.24) is 0 Å². The number of anilines is 2. The smallest absolute Gasteiger partial charge is 0.416 e. The average Bonchev–Trinajstić information content (AvgIpc) is 2.50. The monoisotopic (exact) mass is 372 g/mol.